The molecule has 1 fully saturated rings. The Morgan fingerprint density at radius 1 is 1.50 bits per heavy atom. The van der Waals surface area contributed by atoms with Crippen molar-refractivity contribution in [3.8, 4) is 0 Å². The van der Waals surface area contributed by atoms with Gasteiger partial charge < -0.3 is 16.0 Å². The van der Waals surface area contributed by atoms with Gasteiger partial charge >= 0.3 is 0 Å². The molecule has 5 heteroatoms. The van der Waals surface area contributed by atoms with Crippen LogP contribution in [0.2, 0.25) is 0 Å². The van der Waals surface area contributed by atoms with Gasteiger partial charge in [-0.2, -0.15) is 0 Å². The van der Waals surface area contributed by atoms with Crippen LogP contribution in [0.3, 0.4) is 0 Å². The molecule has 1 aliphatic heterocycles. The molecule has 1 atom stereocenters. The largest absolute Gasteiger partial charge is 0.370 e. The van der Waals surface area contributed by atoms with Crippen LogP contribution in [-0.4, -0.2) is 42.4 Å². The predicted molar refractivity (Wildman–Crippen MR) is 65.2 cm³/mol. The van der Waals surface area contributed by atoms with Crippen molar-refractivity contribution < 1.29 is 4.79 Å². The molecule has 1 unspecified atom stereocenters. The van der Waals surface area contributed by atoms with Crippen molar-refractivity contribution in [1.82, 2.24) is 10.2 Å². The van der Waals surface area contributed by atoms with Crippen LogP contribution in [-0.2, 0) is 4.79 Å². The zero-order valence-corrected chi connectivity index (χ0v) is 10.2. The summed E-state index contributed by atoms with van der Waals surface area (Å²) in [4.78, 5) is 17.9. The molecular weight excluding hydrogens is 204 g/mol. The maximum absolute atomic E-state index is 11.9. The Labute approximate surface area is 97.1 Å². The molecule has 0 aromatic carbocycles. The van der Waals surface area contributed by atoms with Crippen LogP contribution in [0.4, 0.5) is 0 Å². The minimum absolute atomic E-state index is 0.118. The van der Waals surface area contributed by atoms with Gasteiger partial charge in [0.15, 0.2) is 5.96 Å². The molecule has 3 N–H and O–H groups in total. The van der Waals surface area contributed by atoms with E-state index in [0.29, 0.717) is 12.5 Å². The number of aliphatic imine (C=N–C) groups is 1. The molecule has 1 aliphatic rings. The van der Waals surface area contributed by atoms with Gasteiger partial charge in [0.05, 0.1) is 0 Å². The highest BCUT2D eigenvalue weighted by Crippen LogP contribution is 2.08. The normalized spacial score (nSPS) is 18.6. The van der Waals surface area contributed by atoms with E-state index in [4.69, 9.17) is 5.73 Å². The van der Waals surface area contributed by atoms with Crippen molar-refractivity contribution in [3.05, 3.63) is 0 Å². The molecule has 1 saturated heterocycles. The van der Waals surface area contributed by atoms with E-state index >= 15 is 0 Å². The average Bonchev–Trinajstić information content (AvgIpc) is 2.78. The molecule has 0 saturated carbocycles. The number of guanidine groups is 1. The number of hydrogen-bond donors (Lipinski definition) is 2. The number of nitrogens with one attached hydrogen (secondary N) is 1. The van der Waals surface area contributed by atoms with E-state index in [9.17, 15) is 4.79 Å². The van der Waals surface area contributed by atoms with Gasteiger partial charge in [0.25, 0.3) is 0 Å². The summed E-state index contributed by atoms with van der Waals surface area (Å²) >= 11 is 0. The van der Waals surface area contributed by atoms with Gasteiger partial charge in [-0.15, -0.1) is 0 Å². The molecule has 0 spiro atoms. The first-order chi connectivity index (χ1) is 7.65. The first-order valence-electron chi connectivity index (χ1n) is 6.00. The summed E-state index contributed by atoms with van der Waals surface area (Å²) in [6, 6.07) is -0.279. The van der Waals surface area contributed by atoms with Crippen LogP contribution < -0.4 is 11.1 Å². The van der Waals surface area contributed by atoms with Crippen molar-refractivity contribution in [2.24, 2.45) is 10.7 Å². The van der Waals surface area contributed by atoms with Crippen molar-refractivity contribution in [2.75, 3.05) is 19.6 Å². The van der Waals surface area contributed by atoms with E-state index in [1.54, 1.807) is 0 Å². The molecule has 0 aromatic rings. The van der Waals surface area contributed by atoms with Crippen LogP contribution in [0.5, 0.6) is 0 Å². The molecule has 0 bridgehead atoms. The number of hydrogen-bond acceptors (Lipinski definition) is 2. The van der Waals surface area contributed by atoms with Gasteiger partial charge in [-0.1, -0.05) is 6.92 Å². The fourth-order valence-electron chi connectivity index (χ4n) is 1.77. The summed E-state index contributed by atoms with van der Waals surface area (Å²) in [5.41, 5.74) is 5.67. The Hall–Kier alpha value is -1.26. The quantitative estimate of drug-likeness (QED) is 0.535. The molecule has 0 aromatic heterocycles. The molecule has 0 aliphatic carbocycles. The predicted octanol–water partition coefficient (Wildman–Crippen LogP) is 0.312. The monoisotopic (exact) mass is 226 g/mol. The third-order valence-electron chi connectivity index (χ3n) is 2.66. The van der Waals surface area contributed by atoms with Gasteiger partial charge in [-0.3, -0.25) is 9.79 Å². The summed E-state index contributed by atoms with van der Waals surface area (Å²) in [5.74, 6) is 0.481. The van der Waals surface area contributed by atoms with Crippen LogP contribution >= 0.6 is 0 Å². The number of carbonyl (C=O) groups excluding carboxylic acids is 1. The fourth-order valence-corrected chi connectivity index (χ4v) is 1.77. The molecule has 1 amide bonds. The Morgan fingerprint density at radius 3 is 2.69 bits per heavy atom. The summed E-state index contributed by atoms with van der Waals surface area (Å²) < 4.78 is 0. The Balaban J connectivity index is 2.38. The average molecular weight is 226 g/mol. The maximum atomic E-state index is 11.9. The highest BCUT2D eigenvalue weighted by molar-refractivity contribution is 5.88. The Kier molecular flexibility index (Phi) is 5.08. The van der Waals surface area contributed by atoms with Gasteiger partial charge in [-0.05, 0) is 26.2 Å². The van der Waals surface area contributed by atoms with Crippen LogP contribution in [0.25, 0.3) is 0 Å². The van der Waals surface area contributed by atoms with E-state index in [2.05, 4.69) is 10.3 Å². The van der Waals surface area contributed by atoms with Crippen molar-refractivity contribution >= 4 is 11.9 Å². The van der Waals surface area contributed by atoms with Crippen molar-refractivity contribution in [1.29, 1.82) is 0 Å². The SMILES string of the molecule is CCCN=C(N)NC(C)C(=O)N1CCCC1. The van der Waals surface area contributed by atoms with Gasteiger partial charge in [-0.25, -0.2) is 0 Å². The van der Waals surface area contributed by atoms with E-state index in [1.165, 1.54) is 0 Å². The Bertz CT molecular complexity index is 259. The lowest BCUT2D eigenvalue weighted by molar-refractivity contribution is -0.131. The topological polar surface area (TPSA) is 70.7 Å². The zero-order valence-electron chi connectivity index (χ0n) is 10.2. The third-order valence-corrected chi connectivity index (χ3v) is 2.66. The Morgan fingerprint density at radius 2 is 2.12 bits per heavy atom. The van der Waals surface area contributed by atoms with Crippen LogP contribution in [0.15, 0.2) is 4.99 Å². The highest BCUT2D eigenvalue weighted by Gasteiger charge is 2.23. The number of carbonyl (C=O) groups is 1. The number of likely N-dealkylation sites (tertiary alicyclic amines) is 1. The number of rotatable bonds is 4. The molecular formula is C11H22N4O. The molecule has 5 nitrogen and oxygen atoms in total. The van der Waals surface area contributed by atoms with E-state index in [0.717, 1.165) is 32.4 Å². The van der Waals surface area contributed by atoms with Crippen LogP contribution in [0, 0.1) is 0 Å². The molecule has 16 heavy (non-hydrogen) atoms. The zero-order chi connectivity index (χ0) is 12.0. The molecule has 0 radical (unpaired) electrons. The first-order valence-corrected chi connectivity index (χ1v) is 6.00. The minimum atomic E-state index is -0.279. The summed E-state index contributed by atoms with van der Waals surface area (Å²) in [5, 5.41) is 2.93. The molecule has 92 valence electrons. The second-order valence-corrected chi connectivity index (χ2v) is 4.17. The third kappa shape index (κ3) is 3.72. The smallest absolute Gasteiger partial charge is 0.244 e. The highest BCUT2D eigenvalue weighted by atomic mass is 16.2. The van der Waals surface area contributed by atoms with Crippen molar-refractivity contribution in [3.63, 3.8) is 0 Å². The lowest BCUT2D eigenvalue weighted by Crippen LogP contribution is -2.48. The standard InChI is InChI=1S/C11H22N4O/c1-3-6-13-11(12)14-9(2)10(16)15-7-4-5-8-15/h9H,3-8H2,1-2H3,(H3,12,13,14). The number of amides is 1. The molecule has 1 rings (SSSR count). The van der Waals surface area contributed by atoms with Crippen LogP contribution in [0.1, 0.15) is 33.1 Å². The first kappa shape index (κ1) is 12.8. The maximum Gasteiger partial charge on any atom is 0.244 e. The van der Waals surface area contributed by atoms with E-state index in [-0.39, 0.29) is 11.9 Å². The minimum Gasteiger partial charge on any atom is -0.370 e. The number of nitrogens with two attached hydrogens (primary N) is 1. The summed E-state index contributed by atoms with van der Waals surface area (Å²) in [6.07, 6.45) is 3.17. The molecule has 1 heterocycles. The van der Waals surface area contributed by atoms with Gasteiger partial charge in [0.2, 0.25) is 5.91 Å². The lowest BCUT2D eigenvalue weighted by Gasteiger charge is -2.21. The second kappa shape index (κ2) is 6.35. The van der Waals surface area contributed by atoms with Crippen molar-refractivity contribution in [2.45, 2.75) is 39.2 Å². The van der Waals surface area contributed by atoms with Gasteiger partial charge in [0.1, 0.15) is 6.04 Å². The second-order valence-electron chi connectivity index (χ2n) is 4.17. The number of nitrogens with zero attached hydrogens (tertiary/aromatic N) is 2. The lowest BCUT2D eigenvalue weighted by atomic mass is 10.3. The fraction of sp³-hybridized carbons (Fsp3) is 0.818. The summed E-state index contributed by atoms with van der Waals surface area (Å²) in [6.45, 7) is 6.31. The van der Waals surface area contributed by atoms with E-state index in [1.807, 2.05) is 18.7 Å². The summed E-state index contributed by atoms with van der Waals surface area (Å²) in [7, 11) is 0. The van der Waals surface area contributed by atoms with E-state index < -0.39 is 0 Å². The van der Waals surface area contributed by atoms with Gasteiger partial charge in [0, 0.05) is 19.6 Å².